The summed E-state index contributed by atoms with van der Waals surface area (Å²) in [5, 5.41) is -1.22. The molecule has 2 aliphatic rings. The van der Waals surface area contributed by atoms with Gasteiger partial charge < -0.3 is 14.4 Å². The lowest BCUT2D eigenvalue weighted by atomic mass is 9.80. The van der Waals surface area contributed by atoms with Crippen LogP contribution in [0, 0.1) is 0 Å². The molecule has 8 heteroatoms. The molecule has 0 N–H and O–H groups in total. The van der Waals surface area contributed by atoms with Gasteiger partial charge in [0.2, 0.25) is 5.91 Å². The largest absolute Gasteiger partial charge is 0.497 e. The summed E-state index contributed by atoms with van der Waals surface area (Å²) < 4.78 is 39.2. The number of amides is 1. The number of ether oxygens (including phenoxy) is 2. The lowest BCUT2D eigenvalue weighted by Gasteiger charge is -2.51. The van der Waals surface area contributed by atoms with Gasteiger partial charge in [-0.1, -0.05) is 15.9 Å². The zero-order valence-corrected chi connectivity index (χ0v) is 18.1. The zero-order chi connectivity index (χ0) is 20.3. The summed E-state index contributed by atoms with van der Waals surface area (Å²) >= 11 is 3.32. The number of piperidine rings is 1. The number of hydrogen-bond donors (Lipinski definition) is 0. The lowest BCUT2D eigenvalue weighted by Crippen LogP contribution is -2.64. The third-order valence-electron chi connectivity index (χ3n) is 5.67. The molecule has 6 nitrogen and oxygen atoms in total. The fourth-order valence-electron chi connectivity index (χ4n) is 4.02. The number of methoxy groups -OCH3 is 1. The van der Waals surface area contributed by atoms with Crippen molar-refractivity contribution in [2.45, 2.75) is 35.1 Å². The van der Waals surface area contributed by atoms with Crippen LogP contribution in [0.2, 0.25) is 0 Å². The van der Waals surface area contributed by atoms with Gasteiger partial charge in [-0.3, -0.25) is 4.79 Å². The molecule has 2 bridgehead atoms. The Morgan fingerprint density at radius 3 is 2.54 bits per heavy atom. The van der Waals surface area contributed by atoms with Crippen LogP contribution in [0.15, 0.2) is 51.8 Å². The van der Waals surface area contributed by atoms with Crippen LogP contribution in [-0.4, -0.2) is 44.4 Å². The van der Waals surface area contributed by atoms with E-state index in [0.29, 0.717) is 23.5 Å². The second kappa shape index (κ2) is 6.49. The molecule has 2 aromatic rings. The molecule has 2 aliphatic heterocycles. The third kappa shape index (κ3) is 2.81. The van der Waals surface area contributed by atoms with Gasteiger partial charge in [0.1, 0.15) is 11.5 Å². The van der Waals surface area contributed by atoms with E-state index in [0.717, 1.165) is 4.47 Å². The van der Waals surface area contributed by atoms with Gasteiger partial charge in [-0.05, 0) is 49.4 Å². The Balaban J connectivity index is 1.89. The van der Waals surface area contributed by atoms with E-state index in [1.807, 2.05) is 6.92 Å². The molecular formula is C20H20BrNO5S. The first-order valence-electron chi connectivity index (χ1n) is 8.81. The molecule has 28 heavy (non-hydrogen) atoms. The maximum Gasteiger partial charge on any atom is 0.244 e. The number of sulfone groups is 1. The normalized spacial score (nSPS) is 26.4. The first-order chi connectivity index (χ1) is 13.2. The molecular weight excluding hydrogens is 446 g/mol. The first kappa shape index (κ1) is 19.3. The summed E-state index contributed by atoms with van der Waals surface area (Å²) in [7, 11) is -0.768. The highest BCUT2D eigenvalue weighted by molar-refractivity contribution is 9.10. The summed E-state index contributed by atoms with van der Waals surface area (Å²) in [4.78, 5) is 14.8. The average Bonchev–Trinajstić information content (AvgIpc) is 2.66. The quantitative estimate of drug-likeness (QED) is 0.694. The van der Waals surface area contributed by atoms with Gasteiger partial charge in [0.15, 0.2) is 20.8 Å². The van der Waals surface area contributed by atoms with E-state index in [-0.39, 0.29) is 4.90 Å². The molecule has 2 aromatic carbocycles. The fraction of sp³-hybridized carbons (Fsp3) is 0.350. The minimum absolute atomic E-state index is 0.127. The molecule has 0 saturated carbocycles. The number of carbonyl (C=O) groups excluding carboxylic acids is 1. The standard InChI is InChI=1S/C20H20BrNO5S/c1-20-11-16(15-10-13(26-3)6-9-17(15)27-20)18(19(23)22(20)2)28(24,25)14-7-4-12(21)5-8-14/h4-10,16,18H,11H2,1-3H3/t16-,18-,20-/m1/s1. The van der Waals surface area contributed by atoms with Gasteiger partial charge in [0.25, 0.3) is 0 Å². The predicted molar refractivity (Wildman–Crippen MR) is 107 cm³/mol. The van der Waals surface area contributed by atoms with E-state index >= 15 is 0 Å². The van der Waals surface area contributed by atoms with Crippen LogP contribution in [0.3, 0.4) is 0 Å². The fourth-order valence-corrected chi connectivity index (χ4v) is 6.20. The lowest BCUT2D eigenvalue weighted by molar-refractivity contribution is -0.159. The molecule has 0 spiro atoms. The number of likely N-dealkylation sites (tertiary alicyclic amines) is 1. The van der Waals surface area contributed by atoms with Crippen molar-refractivity contribution in [2.75, 3.05) is 14.2 Å². The van der Waals surface area contributed by atoms with Gasteiger partial charge in [-0.25, -0.2) is 8.42 Å². The van der Waals surface area contributed by atoms with Crippen molar-refractivity contribution in [3.63, 3.8) is 0 Å². The summed E-state index contributed by atoms with van der Waals surface area (Å²) in [6.07, 6.45) is 0.385. The third-order valence-corrected chi connectivity index (χ3v) is 8.33. The SMILES string of the molecule is COc1ccc2c(c1)[C@H]1C[C@@](C)(O2)N(C)C(=O)[C@@H]1S(=O)(=O)c1ccc(Br)cc1. The Morgan fingerprint density at radius 2 is 1.89 bits per heavy atom. The molecule has 0 radical (unpaired) electrons. The highest BCUT2D eigenvalue weighted by Crippen LogP contribution is 2.50. The first-order valence-corrected chi connectivity index (χ1v) is 11.2. The van der Waals surface area contributed by atoms with E-state index in [9.17, 15) is 13.2 Å². The minimum atomic E-state index is -3.91. The van der Waals surface area contributed by atoms with E-state index in [2.05, 4.69) is 15.9 Å². The van der Waals surface area contributed by atoms with Crippen molar-refractivity contribution in [2.24, 2.45) is 0 Å². The van der Waals surface area contributed by atoms with Crippen molar-refractivity contribution in [3.8, 4) is 11.5 Å². The van der Waals surface area contributed by atoms with Crippen molar-refractivity contribution in [3.05, 3.63) is 52.5 Å². The molecule has 0 aromatic heterocycles. The molecule has 0 aliphatic carbocycles. The Hall–Kier alpha value is -2.06. The summed E-state index contributed by atoms with van der Waals surface area (Å²) in [6.45, 7) is 1.81. The Kier molecular flexibility index (Phi) is 4.46. The topological polar surface area (TPSA) is 72.9 Å². The second-order valence-electron chi connectivity index (χ2n) is 7.31. The van der Waals surface area contributed by atoms with Gasteiger partial charge in [0.05, 0.1) is 12.0 Å². The Morgan fingerprint density at radius 1 is 1.21 bits per heavy atom. The van der Waals surface area contributed by atoms with Crippen LogP contribution in [-0.2, 0) is 14.6 Å². The molecule has 148 valence electrons. The van der Waals surface area contributed by atoms with Crippen molar-refractivity contribution in [1.29, 1.82) is 0 Å². The van der Waals surface area contributed by atoms with Gasteiger partial charge in [0, 0.05) is 29.4 Å². The van der Waals surface area contributed by atoms with Crippen LogP contribution in [0.25, 0.3) is 0 Å². The zero-order valence-electron chi connectivity index (χ0n) is 15.7. The van der Waals surface area contributed by atoms with Gasteiger partial charge in [-0.15, -0.1) is 0 Å². The number of rotatable bonds is 3. The monoisotopic (exact) mass is 465 g/mol. The van der Waals surface area contributed by atoms with Crippen molar-refractivity contribution in [1.82, 2.24) is 4.90 Å². The van der Waals surface area contributed by atoms with Crippen LogP contribution in [0.5, 0.6) is 11.5 Å². The van der Waals surface area contributed by atoms with Crippen LogP contribution in [0.1, 0.15) is 24.8 Å². The van der Waals surface area contributed by atoms with Gasteiger partial charge >= 0.3 is 0 Å². The average molecular weight is 466 g/mol. The number of fused-ring (bicyclic) bond motifs is 4. The minimum Gasteiger partial charge on any atom is -0.497 e. The van der Waals surface area contributed by atoms with Crippen molar-refractivity contribution < 1.29 is 22.7 Å². The van der Waals surface area contributed by atoms with E-state index in [4.69, 9.17) is 9.47 Å². The molecule has 4 rings (SSSR count). The van der Waals surface area contributed by atoms with Crippen LogP contribution < -0.4 is 9.47 Å². The Bertz CT molecular complexity index is 1050. The molecule has 0 unspecified atom stereocenters. The van der Waals surface area contributed by atoms with Crippen molar-refractivity contribution >= 4 is 31.7 Å². The number of carbonyl (C=O) groups is 1. The predicted octanol–water partition coefficient (Wildman–Crippen LogP) is 3.35. The summed E-state index contributed by atoms with van der Waals surface area (Å²) in [6, 6.07) is 11.7. The highest BCUT2D eigenvalue weighted by atomic mass is 79.9. The van der Waals surface area contributed by atoms with E-state index in [1.165, 1.54) is 17.0 Å². The van der Waals surface area contributed by atoms with E-state index in [1.54, 1.807) is 44.5 Å². The maximum atomic E-state index is 13.5. The van der Waals surface area contributed by atoms with E-state index < -0.39 is 32.6 Å². The molecule has 2 heterocycles. The molecule has 1 fully saturated rings. The molecule has 1 amide bonds. The Labute approximate surface area is 172 Å². The number of nitrogens with zero attached hydrogens (tertiary/aromatic N) is 1. The second-order valence-corrected chi connectivity index (χ2v) is 10.3. The summed E-state index contributed by atoms with van der Waals surface area (Å²) in [5.41, 5.74) is -0.210. The number of benzene rings is 2. The summed E-state index contributed by atoms with van der Waals surface area (Å²) in [5.74, 6) is 0.184. The molecule has 3 atom stereocenters. The number of hydrogen-bond acceptors (Lipinski definition) is 5. The van der Waals surface area contributed by atoms with Gasteiger partial charge in [-0.2, -0.15) is 0 Å². The number of halogens is 1. The molecule has 1 saturated heterocycles. The smallest absolute Gasteiger partial charge is 0.244 e. The highest BCUT2D eigenvalue weighted by Gasteiger charge is 2.57. The van der Waals surface area contributed by atoms with Crippen LogP contribution >= 0.6 is 15.9 Å². The van der Waals surface area contributed by atoms with Crippen LogP contribution in [0.4, 0.5) is 0 Å². The maximum absolute atomic E-state index is 13.5.